The van der Waals surface area contributed by atoms with E-state index in [9.17, 15) is 9.18 Å². The molecule has 0 radical (unpaired) electrons. The molecule has 2 saturated carbocycles. The van der Waals surface area contributed by atoms with Crippen molar-refractivity contribution in [1.82, 2.24) is 0 Å². The first-order valence-corrected chi connectivity index (χ1v) is 8.35. The predicted octanol–water partition coefficient (Wildman–Crippen LogP) is 3.68. The zero-order chi connectivity index (χ0) is 15.0. The second-order valence-corrected chi connectivity index (χ2v) is 7.23. The summed E-state index contributed by atoms with van der Waals surface area (Å²) in [6, 6.07) is 4.81. The Kier molecular flexibility index (Phi) is 4.31. The van der Waals surface area contributed by atoms with Crippen LogP contribution in [0.25, 0.3) is 0 Å². The van der Waals surface area contributed by atoms with Crippen LogP contribution in [0.3, 0.4) is 0 Å². The van der Waals surface area contributed by atoms with E-state index in [0.29, 0.717) is 11.8 Å². The predicted molar refractivity (Wildman–Crippen MR) is 84.3 cm³/mol. The third-order valence-corrected chi connectivity index (χ3v) is 5.46. The second kappa shape index (κ2) is 6.05. The van der Waals surface area contributed by atoms with Crippen LogP contribution in [0.2, 0.25) is 0 Å². The van der Waals surface area contributed by atoms with Crippen LogP contribution in [0.5, 0.6) is 0 Å². The Morgan fingerprint density at radius 1 is 1.29 bits per heavy atom. The number of anilines is 1. The third kappa shape index (κ3) is 3.14. The molecular weight excluding hydrogens is 335 g/mol. The molecule has 0 spiro atoms. The minimum Gasteiger partial charge on any atom is -0.327 e. The van der Waals surface area contributed by atoms with Crippen LogP contribution in [0.4, 0.5) is 10.1 Å². The molecule has 2 atom stereocenters. The summed E-state index contributed by atoms with van der Waals surface area (Å²) in [6.07, 6.45) is 5.12. The molecule has 2 aliphatic carbocycles. The Balaban J connectivity index is 1.70. The van der Waals surface area contributed by atoms with Gasteiger partial charge in [-0.1, -0.05) is 22.4 Å². The van der Waals surface area contributed by atoms with Gasteiger partial charge in [0.25, 0.3) is 0 Å². The quantitative estimate of drug-likeness (QED) is 0.850. The molecule has 2 unspecified atom stereocenters. The fourth-order valence-corrected chi connectivity index (χ4v) is 4.19. The Morgan fingerprint density at radius 3 is 2.62 bits per heavy atom. The maximum atomic E-state index is 13.7. The highest BCUT2D eigenvalue weighted by atomic mass is 79.9. The highest BCUT2D eigenvalue weighted by Gasteiger charge is 2.40. The zero-order valence-corrected chi connectivity index (χ0v) is 13.4. The Bertz CT molecular complexity index is 537. The van der Waals surface area contributed by atoms with Crippen LogP contribution in [-0.4, -0.2) is 11.9 Å². The van der Waals surface area contributed by atoms with Crippen molar-refractivity contribution in [1.29, 1.82) is 0 Å². The van der Waals surface area contributed by atoms with Crippen LogP contribution in [-0.2, 0) is 4.79 Å². The molecule has 0 aliphatic heterocycles. The molecule has 3 nitrogen and oxygen atoms in total. The normalized spacial score (nSPS) is 31.8. The van der Waals surface area contributed by atoms with Gasteiger partial charge in [0.2, 0.25) is 5.91 Å². The maximum Gasteiger partial charge on any atom is 0.227 e. The van der Waals surface area contributed by atoms with Gasteiger partial charge in [0.1, 0.15) is 5.82 Å². The second-order valence-electron chi connectivity index (χ2n) is 6.31. The van der Waals surface area contributed by atoms with E-state index in [1.165, 1.54) is 12.5 Å². The number of hydrogen-bond donors (Lipinski definition) is 2. The molecule has 5 heteroatoms. The number of hydrogen-bond acceptors (Lipinski definition) is 2. The topological polar surface area (TPSA) is 55.1 Å². The van der Waals surface area contributed by atoms with E-state index in [-0.39, 0.29) is 23.6 Å². The smallest absolute Gasteiger partial charge is 0.227 e. The number of rotatable bonds is 2. The molecule has 1 amide bonds. The molecule has 2 aliphatic rings. The number of benzene rings is 1. The van der Waals surface area contributed by atoms with Gasteiger partial charge in [-0.15, -0.1) is 0 Å². The van der Waals surface area contributed by atoms with E-state index < -0.39 is 5.82 Å². The zero-order valence-electron chi connectivity index (χ0n) is 11.8. The first-order valence-electron chi connectivity index (χ1n) is 7.56. The van der Waals surface area contributed by atoms with Crippen molar-refractivity contribution in [2.45, 2.75) is 38.1 Å². The molecule has 1 aromatic rings. The average Bonchev–Trinajstić information content (AvgIpc) is 2.42. The molecule has 2 fully saturated rings. The molecule has 0 aromatic heterocycles. The molecule has 0 saturated heterocycles. The monoisotopic (exact) mass is 354 g/mol. The minimum atomic E-state index is -0.403. The summed E-state index contributed by atoms with van der Waals surface area (Å²) < 4.78 is 14.5. The third-order valence-electron chi connectivity index (χ3n) is 4.97. The van der Waals surface area contributed by atoms with Crippen LogP contribution < -0.4 is 11.1 Å². The van der Waals surface area contributed by atoms with Gasteiger partial charge >= 0.3 is 0 Å². The Morgan fingerprint density at radius 2 is 1.95 bits per heavy atom. The van der Waals surface area contributed by atoms with Gasteiger partial charge in [-0.3, -0.25) is 4.79 Å². The van der Waals surface area contributed by atoms with Crippen LogP contribution >= 0.6 is 15.9 Å². The molecule has 114 valence electrons. The summed E-state index contributed by atoms with van der Waals surface area (Å²) in [4.78, 5) is 12.4. The van der Waals surface area contributed by atoms with Gasteiger partial charge in [-0.25, -0.2) is 4.39 Å². The molecule has 1 aromatic carbocycles. The van der Waals surface area contributed by atoms with Crippen molar-refractivity contribution in [2.24, 2.45) is 23.5 Å². The van der Waals surface area contributed by atoms with Gasteiger partial charge in [-0.2, -0.15) is 0 Å². The SMILES string of the molecule is NC1C2CCCC1CC(C(=O)Nc1cc(Br)ccc1F)C2. The van der Waals surface area contributed by atoms with Crippen LogP contribution in [0.15, 0.2) is 22.7 Å². The summed E-state index contributed by atoms with van der Waals surface area (Å²) in [5.41, 5.74) is 6.49. The maximum absolute atomic E-state index is 13.7. The standard InChI is InChI=1S/C16H20BrFN2O/c17-12-4-5-13(18)14(8-12)20-16(21)11-6-9-2-1-3-10(7-11)15(9)19/h4-5,8-11,15H,1-3,6-7,19H2,(H,20,21). The number of carbonyl (C=O) groups is 1. The molecule has 21 heavy (non-hydrogen) atoms. The first-order chi connectivity index (χ1) is 10.0. The van der Waals surface area contributed by atoms with E-state index in [1.54, 1.807) is 12.1 Å². The average molecular weight is 355 g/mol. The number of nitrogens with two attached hydrogens (primary N) is 1. The van der Waals surface area contributed by atoms with E-state index in [2.05, 4.69) is 21.2 Å². The Hall–Kier alpha value is -0.940. The molecule has 0 heterocycles. The lowest BCUT2D eigenvalue weighted by atomic mass is 9.65. The van der Waals surface area contributed by atoms with Crippen LogP contribution in [0.1, 0.15) is 32.1 Å². The van der Waals surface area contributed by atoms with Gasteiger partial charge in [0.15, 0.2) is 0 Å². The first kappa shape index (κ1) is 15.0. The van der Waals surface area contributed by atoms with Gasteiger partial charge in [0.05, 0.1) is 5.69 Å². The fraction of sp³-hybridized carbons (Fsp3) is 0.562. The molecule has 3 N–H and O–H groups in total. The summed E-state index contributed by atoms with van der Waals surface area (Å²) in [6.45, 7) is 0. The van der Waals surface area contributed by atoms with Crippen molar-refractivity contribution in [2.75, 3.05) is 5.32 Å². The molecule has 3 rings (SSSR count). The highest BCUT2D eigenvalue weighted by Crippen LogP contribution is 2.42. The van der Waals surface area contributed by atoms with Gasteiger partial charge in [0, 0.05) is 16.4 Å². The number of carbonyl (C=O) groups excluding carboxylic acids is 1. The Labute approximate surface area is 132 Å². The van der Waals surface area contributed by atoms with Crippen molar-refractivity contribution >= 4 is 27.5 Å². The summed E-state index contributed by atoms with van der Waals surface area (Å²) >= 11 is 3.30. The summed E-state index contributed by atoms with van der Waals surface area (Å²) in [5.74, 6) is 0.370. The lowest BCUT2D eigenvalue weighted by Gasteiger charge is -2.43. The highest BCUT2D eigenvalue weighted by molar-refractivity contribution is 9.10. The van der Waals surface area contributed by atoms with E-state index in [4.69, 9.17) is 5.73 Å². The number of amides is 1. The van der Waals surface area contributed by atoms with Crippen molar-refractivity contribution in [3.8, 4) is 0 Å². The largest absolute Gasteiger partial charge is 0.327 e. The lowest BCUT2D eigenvalue weighted by Crippen LogP contribution is -2.48. The van der Waals surface area contributed by atoms with Gasteiger partial charge in [-0.05, 0) is 55.7 Å². The number of fused-ring (bicyclic) bond motifs is 2. The van der Waals surface area contributed by atoms with Crippen molar-refractivity contribution in [3.05, 3.63) is 28.5 Å². The lowest BCUT2D eigenvalue weighted by molar-refractivity contribution is -0.122. The number of halogens is 2. The molecule has 2 bridgehead atoms. The van der Waals surface area contributed by atoms with Gasteiger partial charge < -0.3 is 11.1 Å². The summed E-state index contributed by atoms with van der Waals surface area (Å²) in [7, 11) is 0. The van der Waals surface area contributed by atoms with Crippen molar-refractivity contribution < 1.29 is 9.18 Å². The van der Waals surface area contributed by atoms with E-state index in [1.807, 2.05) is 0 Å². The van der Waals surface area contributed by atoms with E-state index in [0.717, 1.165) is 30.2 Å². The van der Waals surface area contributed by atoms with E-state index >= 15 is 0 Å². The fourth-order valence-electron chi connectivity index (χ4n) is 3.83. The summed E-state index contributed by atoms with van der Waals surface area (Å²) in [5, 5.41) is 2.74. The van der Waals surface area contributed by atoms with Crippen molar-refractivity contribution in [3.63, 3.8) is 0 Å². The minimum absolute atomic E-state index is 0.0431. The molecular formula is C16H20BrFN2O. The van der Waals surface area contributed by atoms with Crippen LogP contribution in [0, 0.1) is 23.6 Å². The number of nitrogens with one attached hydrogen (secondary N) is 1.